The van der Waals surface area contributed by atoms with Gasteiger partial charge in [-0.25, -0.2) is 14.5 Å². The van der Waals surface area contributed by atoms with Gasteiger partial charge in [0, 0.05) is 29.7 Å². The second-order valence-electron chi connectivity index (χ2n) is 4.02. The molecule has 1 unspecified atom stereocenters. The van der Waals surface area contributed by atoms with E-state index in [1.54, 1.807) is 0 Å². The van der Waals surface area contributed by atoms with E-state index in [4.69, 9.17) is 0 Å². The van der Waals surface area contributed by atoms with Crippen molar-refractivity contribution >= 4 is 5.52 Å². The van der Waals surface area contributed by atoms with Crippen LogP contribution in [0.2, 0.25) is 0 Å². The number of nitrogens with zero attached hydrogens (tertiary/aromatic N) is 4. The van der Waals surface area contributed by atoms with Crippen LogP contribution in [-0.2, 0) is 0 Å². The Morgan fingerprint density at radius 2 is 2.00 bits per heavy atom. The Hall–Kier alpha value is -2.27. The summed E-state index contributed by atoms with van der Waals surface area (Å²) in [6.45, 7) is 0. The minimum Gasteiger partial charge on any atom is -0.309 e. The third kappa shape index (κ3) is 1.74. The van der Waals surface area contributed by atoms with E-state index >= 15 is 0 Å². The van der Waals surface area contributed by atoms with E-state index in [0.717, 1.165) is 16.6 Å². The molecule has 3 rings (SSSR count). The smallest absolute Gasteiger partial charge is 0.115 e. The van der Waals surface area contributed by atoms with E-state index in [9.17, 15) is 0 Å². The summed E-state index contributed by atoms with van der Waals surface area (Å²) in [4.78, 5) is 8.13. The lowest BCUT2D eigenvalue weighted by Gasteiger charge is -2.14. The van der Waals surface area contributed by atoms with Crippen molar-refractivity contribution in [2.24, 2.45) is 0 Å². The van der Waals surface area contributed by atoms with Crippen molar-refractivity contribution in [3.63, 3.8) is 0 Å². The van der Waals surface area contributed by atoms with E-state index in [2.05, 4.69) is 26.4 Å². The van der Waals surface area contributed by atoms with Gasteiger partial charge in [0.1, 0.15) is 6.33 Å². The molecule has 1 N–H and O–H groups in total. The van der Waals surface area contributed by atoms with Crippen LogP contribution in [-0.4, -0.2) is 26.6 Å². The molecule has 0 aromatic carbocycles. The van der Waals surface area contributed by atoms with Gasteiger partial charge in [-0.3, -0.25) is 0 Å². The minimum atomic E-state index is 0.0473. The molecule has 5 nitrogen and oxygen atoms in total. The van der Waals surface area contributed by atoms with Gasteiger partial charge < -0.3 is 5.32 Å². The summed E-state index contributed by atoms with van der Waals surface area (Å²) >= 11 is 0. The van der Waals surface area contributed by atoms with Crippen LogP contribution in [0.3, 0.4) is 0 Å². The molecule has 0 amide bonds. The van der Waals surface area contributed by atoms with E-state index in [1.807, 2.05) is 48.5 Å². The Bertz CT molecular complexity index is 647. The first-order valence-electron chi connectivity index (χ1n) is 5.74. The number of rotatable bonds is 3. The van der Waals surface area contributed by atoms with Gasteiger partial charge >= 0.3 is 0 Å². The van der Waals surface area contributed by atoms with Crippen LogP contribution in [0.15, 0.2) is 49.3 Å². The van der Waals surface area contributed by atoms with E-state index in [1.165, 1.54) is 6.33 Å². The fourth-order valence-electron chi connectivity index (χ4n) is 2.14. The lowest BCUT2D eigenvalue weighted by molar-refractivity contribution is 0.689. The first-order chi connectivity index (χ1) is 8.90. The number of pyridine rings is 1. The van der Waals surface area contributed by atoms with Crippen molar-refractivity contribution in [3.05, 3.63) is 60.4 Å². The molecule has 0 radical (unpaired) electrons. The summed E-state index contributed by atoms with van der Waals surface area (Å²) < 4.78 is 1.86. The normalized spacial score (nSPS) is 12.7. The molecule has 0 bridgehead atoms. The fourth-order valence-corrected chi connectivity index (χ4v) is 2.14. The molecule has 0 saturated heterocycles. The largest absolute Gasteiger partial charge is 0.309 e. The van der Waals surface area contributed by atoms with Gasteiger partial charge in [0.15, 0.2) is 0 Å². The van der Waals surface area contributed by atoms with E-state index in [-0.39, 0.29) is 6.04 Å². The molecular formula is C13H13N5. The zero-order valence-electron chi connectivity index (χ0n) is 9.99. The Morgan fingerprint density at radius 1 is 1.17 bits per heavy atom. The maximum atomic E-state index is 4.35. The summed E-state index contributed by atoms with van der Waals surface area (Å²) in [5.74, 6) is 0. The summed E-state index contributed by atoms with van der Waals surface area (Å²) in [7, 11) is 1.92. The molecule has 0 aliphatic heterocycles. The maximum absolute atomic E-state index is 4.35. The Morgan fingerprint density at radius 3 is 2.78 bits per heavy atom. The molecule has 3 aromatic heterocycles. The molecule has 0 aliphatic rings. The average molecular weight is 239 g/mol. The average Bonchev–Trinajstić information content (AvgIpc) is 2.85. The van der Waals surface area contributed by atoms with Crippen molar-refractivity contribution in [2.75, 3.05) is 7.05 Å². The van der Waals surface area contributed by atoms with Crippen LogP contribution in [0, 0.1) is 0 Å². The number of hydrogen-bond acceptors (Lipinski definition) is 4. The molecule has 0 spiro atoms. The highest BCUT2D eigenvalue weighted by atomic mass is 15.2. The van der Waals surface area contributed by atoms with Crippen LogP contribution in [0.1, 0.15) is 17.2 Å². The SMILES string of the molecule is CNC(c1cncnc1)c1cnn2ccccc12. The Labute approximate surface area is 105 Å². The zero-order valence-corrected chi connectivity index (χ0v) is 9.99. The van der Waals surface area contributed by atoms with Crippen molar-refractivity contribution in [3.8, 4) is 0 Å². The highest BCUT2D eigenvalue weighted by Gasteiger charge is 2.16. The maximum Gasteiger partial charge on any atom is 0.115 e. The first-order valence-corrected chi connectivity index (χ1v) is 5.74. The summed E-state index contributed by atoms with van der Waals surface area (Å²) in [5.41, 5.74) is 3.23. The molecule has 5 heteroatoms. The molecule has 0 aliphatic carbocycles. The molecule has 0 saturated carbocycles. The Kier molecular flexibility index (Phi) is 2.74. The van der Waals surface area contributed by atoms with Crippen molar-refractivity contribution in [2.45, 2.75) is 6.04 Å². The topological polar surface area (TPSA) is 55.1 Å². The van der Waals surface area contributed by atoms with Gasteiger partial charge in [-0.2, -0.15) is 5.10 Å². The number of hydrogen-bond donors (Lipinski definition) is 1. The lowest BCUT2D eigenvalue weighted by Crippen LogP contribution is -2.17. The monoisotopic (exact) mass is 239 g/mol. The molecule has 3 heterocycles. The quantitative estimate of drug-likeness (QED) is 0.751. The Balaban J connectivity index is 2.12. The molecule has 18 heavy (non-hydrogen) atoms. The first kappa shape index (κ1) is 10.9. The predicted octanol–water partition coefficient (Wildman–Crippen LogP) is 1.43. The molecule has 90 valence electrons. The van der Waals surface area contributed by atoms with Gasteiger partial charge in [0.2, 0.25) is 0 Å². The van der Waals surface area contributed by atoms with Gasteiger partial charge in [-0.15, -0.1) is 0 Å². The third-order valence-electron chi connectivity index (χ3n) is 2.97. The predicted molar refractivity (Wildman–Crippen MR) is 68.1 cm³/mol. The number of aromatic nitrogens is 4. The van der Waals surface area contributed by atoms with Crippen molar-refractivity contribution in [1.29, 1.82) is 0 Å². The van der Waals surface area contributed by atoms with Gasteiger partial charge in [-0.05, 0) is 19.2 Å². The fraction of sp³-hybridized carbons (Fsp3) is 0.154. The molecular weight excluding hydrogens is 226 g/mol. The number of nitrogens with one attached hydrogen (secondary N) is 1. The lowest BCUT2D eigenvalue weighted by atomic mass is 10.0. The summed E-state index contributed by atoms with van der Waals surface area (Å²) in [6, 6.07) is 6.07. The van der Waals surface area contributed by atoms with Crippen LogP contribution >= 0.6 is 0 Å². The van der Waals surface area contributed by atoms with Gasteiger partial charge in [0.25, 0.3) is 0 Å². The van der Waals surface area contributed by atoms with Crippen molar-refractivity contribution in [1.82, 2.24) is 24.9 Å². The summed E-state index contributed by atoms with van der Waals surface area (Å²) in [5, 5.41) is 7.63. The van der Waals surface area contributed by atoms with Gasteiger partial charge in [-0.1, -0.05) is 6.07 Å². The van der Waals surface area contributed by atoms with Crippen LogP contribution in [0.5, 0.6) is 0 Å². The van der Waals surface area contributed by atoms with Crippen molar-refractivity contribution < 1.29 is 0 Å². The molecule has 0 fully saturated rings. The highest BCUT2D eigenvalue weighted by molar-refractivity contribution is 5.56. The summed E-state index contributed by atoms with van der Waals surface area (Å²) in [6.07, 6.45) is 8.99. The van der Waals surface area contributed by atoms with Crippen LogP contribution in [0.25, 0.3) is 5.52 Å². The highest BCUT2D eigenvalue weighted by Crippen LogP contribution is 2.24. The number of fused-ring (bicyclic) bond motifs is 1. The second kappa shape index (κ2) is 4.54. The zero-order chi connectivity index (χ0) is 12.4. The minimum absolute atomic E-state index is 0.0473. The molecule has 3 aromatic rings. The molecule has 1 atom stereocenters. The third-order valence-corrected chi connectivity index (χ3v) is 2.97. The van der Waals surface area contributed by atoms with Gasteiger partial charge in [0.05, 0.1) is 17.8 Å². The standard InChI is InChI=1S/C13H13N5/c1-14-13(10-6-15-9-16-7-10)11-8-17-18-5-3-2-4-12(11)18/h2-9,13-14H,1H3. The van der Waals surface area contributed by atoms with Crippen LogP contribution in [0.4, 0.5) is 0 Å². The second-order valence-corrected chi connectivity index (χ2v) is 4.02. The van der Waals surface area contributed by atoms with E-state index < -0.39 is 0 Å². The van der Waals surface area contributed by atoms with E-state index in [0.29, 0.717) is 0 Å². The van der Waals surface area contributed by atoms with Crippen LogP contribution < -0.4 is 5.32 Å².